The summed E-state index contributed by atoms with van der Waals surface area (Å²) < 4.78 is 2.30. The van der Waals surface area contributed by atoms with Crippen LogP contribution in [0.4, 0.5) is 0 Å². The second kappa shape index (κ2) is 6.00. The number of rotatable bonds is 4. The summed E-state index contributed by atoms with van der Waals surface area (Å²) in [6, 6.07) is 7.72. The first-order valence-corrected chi connectivity index (χ1v) is 7.84. The standard InChI is InChI=1S/C16H14BrN3O3/c1-9-12(5-6-14(21)22)16(23)20-15(19-9)13(8-18-20)10-3-2-4-11(17)7-10/h2-4,7-8,18H,5-6H2,1H3,(H,21,22). The minimum Gasteiger partial charge on any atom is -0.481 e. The van der Waals surface area contributed by atoms with Gasteiger partial charge in [-0.05, 0) is 31.0 Å². The molecule has 0 fully saturated rings. The number of benzene rings is 1. The van der Waals surface area contributed by atoms with Crippen molar-refractivity contribution in [3.8, 4) is 11.1 Å². The fourth-order valence-electron chi connectivity index (χ4n) is 2.54. The molecule has 0 aliphatic heterocycles. The molecule has 0 saturated carbocycles. The highest BCUT2D eigenvalue weighted by atomic mass is 79.9. The van der Waals surface area contributed by atoms with Gasteiger partial charge in [-0.25, -0.2) is 9.50 Å². The Kier molecular flexibility index (Phi) is 4.04. The Hall–Kier alpha value is -2.41. The zero-order valence-corrected chi connectivity index (χ0v) is 13.9. The van der Waals surface area contributed by atoms with E-state index in [2.05, 4.69) is 26.0 Å². The van der Waals surface area contributed by atoms with Crippen LogP contribution in [-0.2, 0) is 11.2 Å². The van der Waals surface area contributed by atoms with Gasteiger partial charge in [0.2, 0.25) is 0 Å². The number of aromatic nitrogens is 3. The number of H-pyrrole nitrogens is 1. The highest BCUT2D eigenvalue weighted by molar-refractivity contribution is 9.10. The first-order valence-electron chi connectivity index (χ1n) is 7.04. The summed E-state index contributed by atoms with van der Waals surface area (Å²) in [7, 11) is 0. The molecule has 0 amide bonds. The van der Waals surface area contributed by atoms with Gasteiger partial charge in [0.25, 0.3) is 5.56 Å². The van der Waals surface area contributed by atoms with Crippen LogP contribution in [-0.4, -0.2) is 25.7 Å². The maximum atomic E-state index is 12.6. The van der Waals surface area contributed by atoms with Gasteiger partial charge in [0.1, 0.15) is 0 Å². The number of nitrogens with one attached hydrogen (secondary N) is 1. The molecule has 2 heterocycles. The van der Waals surface area contributed by atoms with Crippen molar-refractivity contribution < 1.29 is 9.90 Å². The van der Waals surface area contributed by atoms with Crippen LogP contribution in [0.2, 0.25) is 0 Å². The van der Waals surface area contributed by atoms with Gasteiger partial charge in [0.15, 0.2) is 5.65 Å². The van der Waals surface area contributed by atoms with Gasteiger partial charge in [-0.1, -0.05) is 28.1 Å². The smallest absolute Gasteiger partial charge is 0.303 e. The van der Waals surface area contributed by atoms with E-state index in [0.717, 1.165) is 15.6 Å². The monoisotopic (exact) mass is 375 g/mol. The molecule has 2 aromatic heterocycles. The molecular weight excluding hydrogens is 362 g/mol. The van der Waals surface area contributed by atoms with Gasteiger partial charge >= 0.3 is 5.97 Å². The average Bonchev–Trinajstić information content (AvgIpc) is 2.90. The van der Waals surface area contributed by atoms with Crippen molar-refractivity contribution in [1.29, 1.82) is 0 Å². The zero-order valence-electron chi connectivity index (χ0n) is 12.3. The molecule has 0 aliphatic carbocycles. The van der Waals surface area contributed by atoms with E-state index in [9.17, 15) is 9.59 Å². The SMILES string of the molecule is Cc1nc2c(-c3cccc(Br)c3)c[nH]n2c(=O)c1CCC(=O)O. The van der Waals surface area contributed by atoms with E-state index in [0.29, 0.717) is 16.9 Å². The first-order chi connectivity index (χ1) is 11.0. The predicted octanol–water partition coefficient (Wildman–Crippen LogP) is 2.78. The Morgan fingerprint density at radius 2 is 2.22 bits per heavy atom. The Morgan fingerprint density at radius 3 is 2.91 bits per heavy atom. The minimum atomic E-state index is -0.935. The largest absolute Gasteiger partial charge is 0.481 e. The van der Waals surface area contributed by atoms with Crippen molar-refractivity contribution in [3.05, 3.63) is 56.5 Å². The molecule has 7 heteroatoms. The number of carboxylic acid groups (broad SMARTS) is 1. The van der Waals surface area contributed by atoms with Crippen LogP contribution in [0.25, 0.3) is 16.8 Å². The molecule has 0 spiro atoms. The molecule has 3 rings (SSSR count). The van der Waals surface area contributed by atoms with Gasteiger partial charge in [0, 0.05) is 33.9 Å². The third-order valence-corrected chi connectivity index (χ3v) is 4.18. The lowest BCUT2D eigenvalue weighted by molar-refractivity contribution is -0.136. The molecule has 6 nitrogen and oxygen atoms in total. The number of aromatic amines is 1. The lowest BCUT2D eigenvalue weighted by Gasteiger charge is -2.05. The Labute approximate surface area is 139 Å². The molecule has 0 aliphatic rings. The lowest BCUT2D eigenvalue weighted by atomic mass is 10.1. The van der Waals surface area contributed by atoms with Gasteiger partial charge in [-0.3, -0.25) is 14.7 Å². The van der Waals surface area contributed by atoms with Gasteiger partial charge in [-0.15, -0.1) is 0 Å². The first kappa shape index (κ1) is 15.5. The van der Waals surface area contributed by atoms with Gasteiger partial charge in [0.05, 0.1) is 0 Å². The maximum Gasteiger partial charge on any atom is 0.303 e. The molecule has 0 unspecified atom stereocenters. The van der Waals surface area contributed by atoms with Crippen LogP contribution in [0.5, 0.6) is 0 Å². The Morgan fingerprint density at radius 1 is 1.43 bits per heavy atom. The van der Waals surface area contributed by atoms with Crippen molar-refractivity contribution in [2.45, 2.75) is 19.8 Å². The molecule has 1 aromatic carbocycles. The lowest BCUT2D eigenvalue weighted by Crippen LogP contribution is -2.22. The summed E-state index contributed by atoms with van der Waals surface area (Å²) in [5.41, 5.74) is 3.01. The summed E-state index contributed by atoms with van der Waals surface area (Å²) in [6.45, 7) is 1.73. The highest BCUT2D eigenvalue weighted by Crippen LogP contribution is 2.25. The molecule has 23 heavy (non-hydrogen) atoms. The van der Waals surface area contributed by atoms with Gasteiger partial charge in [-0.2, -0.15) is 0 Å². The number of aliphatic carboxylic acids is 1. The second-order valence-electron chi connectivity index (χ2n) is 5.23. The van der Waals surface area contributed by atoms with E-state index >= 15 is 0 Å². The quantitative estimate of drug-likeness (QED) is 0.733. The van der Waals surface area contributed by atoms with Crippen LogP contribution in [0, 0.1) is 6.92 Å². The van der Waals surface area contributed by atoms with E-state index in [1.165, 1.54) is 4.52 Å². The molecule has 2 N–H and O–H groups in total. The molecule has 0 bridgehead atoms. The third kappa shape index (κ3) is 2.92. The van der Waals surface area contributed by atoms with Crippen LogP contribution < -0.4 is 5.56 Å². The number of fused-ring (bicyclic) bond motifs is 1. The summed E-state index contributed by atoms with van der Waals surface area (Å²) >= 11 is 3.43. The minimum absolute atomic E-state index is 0.0942. The summed E-state index contributed by atoms with van der Waals surface area (Å²) in [5.74, 6) is -0.935. The number of halogens is 1. The number of carbonyl (C=O) groups is 1. The molecule has 118 valence electrons. The number of hydrogen-bond donors (Lipinski definition) is 2. The summed E-state index contributed by atoms with van der Waals surface area (Å²) in [4.78, 5) is 27.8. The molecule has 0 atom stereocenters. The van der Waals surface area contributed by atoms with Crippen molar-refractivity contribution >= 4 is 27.5 Å². The fourth-order valence-corrected chi connectivity index (χ4v) is 2.94. The van der Waals surface area contributed by atoms with E-state index in [4.69, 9.17) is 5.11 Å². The van der Waals surface area contributed by atoms with E-state index in [1.54, 1.807) is 13.1 Å². The number of hydrogen-bond acceptors (Lipinski definition) is 3. The van der Waals surface area contributed by atoms with Crippen LogP contribution in [0.3, 0.4) is 0 Å². The predicted molar refractivity (Wildman–Crippen MR) is 89.6 cm³/mol. The number of carboxylic acids is 1. The number of aryl methyl sites for hydroxylation is 1. The van der Waals surface area contributed by atoms with E-state index in [-0.39, 0.29) is 18.4 Å². The molecule has 0 saturated heterocycles. The van der Waals surface area contributed by atoms with Crippen molar-refractivity contribution in [3.63, 3.8) is 0 Å². The maximum absolute atomic E-state index is 12.6. The molecule has 0 radical (unpaired) electrons. The topological polar surface area (TPSA) is 87.5 Å². The summed E-state index contributed by atoms with van der Waals surface area (Å²) in [6.07, 6.45) is 1.80. The Bertz CT molecular complexity index is 959. The highest BCUT2D eigenvalue weighted by Gasteiger charge is 2.15. The third-order valence-electron chi connectivity index (χ3n) is 3.69. The Balaban J connectivity index is 2.15. The molecular formula is C16H14BrN3O3. The van der Waals surface area contributed by atoms with Crippen molar-refractivity contribution in [2.75, 3.05) is 0 Å². The molecule has 3 aromatic rings. The normalized spacial score (nSPS) is 11.0. The van der Waals surface area contributed by atoms with Crippen molar-refractivity contribution in [1.82, 2.24) is 14.6 Å². The van der Waals surface area contributed by atoms with Gasteiger partial charge < -0.3 is 5.11 Å². The number of nitrogens with zero attached hydrogens (tertiary/aromatic N) is 2. The van der Waals surface area contributed by atoms with E-state index < -0.39 is 5.97 Å². The van der Waals surface area contributed by atoms with Crippen LogP contribution in [0.1, 0.15) is 17.7 Å². The van der Waals surface area contributed by atoms with E-state index in [1.807, 2.05) is 24.3 Å². The second-order valence-corrected chi connectivity index (χ2v) is 6.15. The zero-order chi connectivity index (χ0) is 16.6. The van der Waals surface area contributed by atoms with Crippen molar-refractivity contribution in [2.24, 2.45) is 0 Å². The van der Waals surface area contributed by atoms with Crippen LogP contribution >= 0.6 is 15.9 Å². The van der Waals surface area contributed by atoms with Crippen LogP contribution in [0.15, 0.2) is 39.7 Å². The fraction of sp³-hybridized carbons (Fsp3) is 0.188. The summed E-state index contributed by atoms with van der Waals surface area (Å²) in [5, 5.41) is 11.7. The average molecular weight is 376 g/mol.